The largest absolute Gasteiger partial charge is 0.481 e. The molecule has 7 rings (SSSR count). The summed E-state index contributed by atoms with van der Waals surface area (Å²) in [6.45, 7) is 3.08. The van der Waals surface area contributed by atoms with Gasteiger partial charge in [0.05, 0.1) is 30.5 Å². The SMILES string of the molecule is COc1nc(-c2cccc(-c3cccc4c3CC[C@@H]4Oc3nc(OC)c(CCC4CC(C)(O)C4)cc3C(F)(F)F)c2Cl)ccc1CNC[C@@H]1CCC(=O)C1. The molecule has 286 valence electrons. The molecule has 0 bridgehead atoms. The number of aliphatic hydroxyl groups is 1. The number of hydrogen-bond acceptors (Lipinski definition) is 8. The van der Waals surface area contributed by atoms with Crippen molar-refractivity contribution in [3.05, 3.63) is 87.4 Å². The molecule has 4 aromatic rings. The number of carbonyl (C=O) groups excluding carboxylic acids is 1. The van der Waals surface area contributed by atoms with Gasteiger partial charge in [-0.3, -0.25) is 4.79 Å². The summed E-state index contributed by atoms with van der Waals surface area (Å²) in [5.41, 5.74) is 4.35. The lowest BCUT2D eigenvalue weighted by atomic mass is 9.70. The molecule has 8 nitrogen and oxygen atoms in total. The molecule has 0 saturated heterocycles. The minimum Gasteiger partial charge on any atom is -0.481 e. The Hall–Kier alpha value is -4.19. The molecule has 0 radical (unpaired) electrons. The molecule has 2 atom stereocenters. The highest BCUT2D eigenvalue weighted by atomic mass is 35.5. The van der Waals surface area contributed by atoms with Crippen molar-refractivity contribution in [2.45, 2.75) is 89.1 Å². The molecule has 2 aromatic heterocycles. The van der Waals surface area contributed by atoms with E-state index in [0.717, 1.165) is 46.8 Å². The van der Waals surface area contributed by atoms with Crippen molar-refractivity contribution in [3.63, 3.8) is 0 Å². The number of aryl methyl sites for hydroxylation is 1. The van der Waals surface area contributed by atoms with Gasteiger partial charge in [-0.1, -0.05) is 54.1 Å². The standard InChI is InChI=1S/C42H45ClF3N3O5/c1-41(51)20-25(21-41)10-12-26-19-34(42(44,45)46)40(49-38(26)52-2)54-36-17-15-30-29(6-4-7-31(30)36)32-8-5-9-33(37(32)43)35-16-13-27(39(48-35)53-3)23-47-22-24-11-14-28(50)18-24/h4-9,13,16,19,24-25,36,47,51H,10-12,14-15,17-18,20-23H2,1-3H3/t24-,25?,36+,41?/m1/s1. The van der Waals surface area contributed by atoms with Crippen LogP contribution < -0.4 is 19.5 Å². The number of nitrogens with one attached hydrogen (secondary N) is 1. The first-order chi connectivity index (χ1) is 25.8. The Morgan fingerprint density at radius 2 is 1.63 bits per heavy atom. The van der Waals surface area contributed by atoms with Crippen LogP contribution >= 0.6 is 11.6 Å². The molecule has 0 amide bonds. The number of benzene rings is 2. The molecule has 54 heavy (non-hydrogen) atoms. The maximum absolute atomic E-state index is 14.5. The Morgan fingerprint density at radius 1 is 0.907 bits per heavy atom. The van der Waals surface area contributed by atoms with Crippen LogP contribution in [0.2, 0.25) is 5.02 Å². The van der Waals surface area contributed by atoms with E-state index in [4.69, 9.17) is 30.8 Å². The van der Waals surface area contributed by atoms with Crippen LogP contribution in [0.25, 0.3) is 22.4 Å². The average molecular weight is 764 g/mol. The zero-order valence-corrected chi connectivity index (χ0v) is 31.4. The number of halogens is 4. The number of rotatable bonds is 13. The van der Waals surface area contributed by atoms with Crippen LogP contribution in [0.1, 0.15) is 85.8 Å². The van der Waals surface area contributed by atoms with E-state index in [1.54, 1.807) is 14.0 Å². The molecule has 2 aromatic carbocycles. The van der Waals surface area contributed by atoms with E-state index in [1.807, 2.05) is 48.5 Å². The van der Waals surface area contributed by atoms with Gasteiger partial charge in [0, 0.05) is 41.6 Å². The third-order valence-corrected chi connectivity index (χ3v) is 11.5. The van der Waals surface area contributed by atoms with E-state index in [2.05, 4.69) is 10.3 Å². The summed E-state index contributed by atoms with van der Waals surface area (Å²) in [5, 5.41) is 14.0. The molecule has 12 heteroatoms. The molecular formula is C42H45ClF3N3O5. The van der Waals surface area contributed by atoms with Gasteiger partial charge in [-0.2, -0.15) is 18.2 Å². The normalized spacial score (nSPS) is 22.2. The number of alkyl halides is 3. The lowest BCUT2D eigenvalue weighted by Gasteiger charge is -2.41. The number of aromatic nitrogens is 2. The maximum atomic E-state index is 14.5. The van der Waals surface area contributed by atoms with Gasteiger partial charge in [0.15, 0.2) is 0 Å². The fraction of sp³-hybridized carbons (Fsp3) is 0.452. The molecule has 2 fully saturated rings. The number of ketones is 1. The van der Waals surface area contributed by atoms with Crippen molar-refractivity contribution in [2.75, 3.05) is 20.8 Å². The molecule has 0 spiro atoms. The van der Waals surface area contributed by atoms with E-state index in [9.17, 15) is 23.1 Å². The Balaban J connectivity index is 1.11. The Bertz CT molecular complexity index is 2030. The number of methoxy groups -OCH3 is 2. The van der Waals surface area contributed by atoms with Gasteiger partial charge in [0.1, 0.15) is 17.5 Å². The molecule has 3 aliphatic rings. The molecule has 2 heterocycles. The van der Waals surface area contributed by atoms with Crippen LogP contribution in [-0.4, -0.2) is 47.2 Å². The fourth-order valence-corrected chi connectivity index (χ4v) is 8.71. The third-order valence-electron chi connectivity index (χ3n) is 11.1. The molecule has 0 aliphatic heterocycles. The van der Waals surface area contributed by atoms with Crippen LogP contribution in [0.15, 0.2) is 54.6 Å². The molecular weight excluding hydrogens is 719 g/mol. The first-order valence-electron chi connectivity index (χ1n) is 18.5. The zero-order valence-electron chi connectivity index (χ0n) is 30.7. The van der Waals surface area contributed by atoms with Gasteiger partial charge >= 0.3 is 6.18 Å². The lowest BCUT2D eigenvalue weighted by Crippen LogP contribution is -2.40. The van der Waals surface area contributed by atoms with Gasteiger partial charge in [-0.15, -0.1) is 0 Å². The summed E-state index contributed by atoms with van der Waals surface area (Å²) in [5.74, 6) is 0.997. The van der Waals surface area contributed by atoms with Crippen LogP contribution in [0.4, 0.5) is 13.2 Å². The predicted molar refractivity (Wildman–Crippen MR) is 200 cm³/mol. The number of ether oxygens (including phenoxy) is 3. The Morgan fingerprint density at radius 3 is 2.33 bits per heavy atom. The first-order valence-corrected chi connectivity index (χ1v) is 18.9. The molecule has 2 saturated carbocycles. The predicted octanol–water partition coefficient (Wildman–Crippen LogP) is 9.12. The Kier molecular flexibility index (Phi) is 10.9. The number of hydrogen-bond donors (Lipinski definition) is 2. The summed E-state index contributed by atoms with van der Waals surface area (Å²) in [4.78, 5) is 20.7. The van der Waals surface area contributed by atoms with Crippen molar-refractivity contribution in [1.82, 2.24) is 15.3 Å². The first kappa shape index (κ1) is 38.1. The number of carbonyl (C=O) groups is 1. The van der Waals surface area contributed by atoms with Crippen molar-refractivity contribution in [2.24, 2.45) is 11.8 Å². The van der Waals surface area contributed by atoms with Crippen LogP contribution in [0.5, 0.6) is 17.6 Å². The van der Waals surface area contributed by atoms with Crippen LogP contribution in [0, 0.1) is 11.8 Å². The van der Waals surface area contributed by atoms with E-state index >= 15 is 0 Å². The highest BCUT2D eigenvalue weighted by molar-refractivity contribution is 6.36. The van der Waals surface area contributed by atoms with Crippen molar-refractivity contribution < 1.29 is 37.3 Å². The minimum absolute atomic E-state index is 0.107. The summed E-state index contributed by atoms with van der Waals surface area (Å²) >= 11 is 7.13. The number of nitrogens with zero attached hydrogens (tertiary/aromatic N) is 2. The molecule has 2 N–H and O–H groups in total. The van der Waals surface area contributed by atoms with Crippen molar-refractivity contribution in [1.29, 1.82) is 0 Å². The van der Waals surface area contributed by atoms with Crippen LogP contribution in [0.3, 0.4) is 0 Å². The smallest absolute Gasteiger partial charge is 0.421 e. The van der Waals surface area contributed by atoms with E-state index in [-0.39, 0.29) is 11.8 Å². The highest BCUT2D eigenvalue weighted by Gasteiger charge is 2.40. The quantitative estimate of drug-likeness (QED) is 0.139. The van der Waals surface area contributed by atoms with E-state index in [0.29, 0.717) is 97.3 Å². The average Bonchev–Trinajstić information content (AvgIpc) is 3.75. The minimum atomic E-state index is -4.69. The molecule has 0 unspecified atom stereocenters. The Labute approximate surface area is 318 Å². The van der Waals surface area contributed by atoms with Gasteiger partial charge in [0.2, 0.25) is 17.6 Å². The number of fused-ring (bicyclic) bond motifs is 1. The summed E-state index contributed by atoms with van der Waals surface area (Å²) in [7, 11) is 2.97. The van der Waals surface area contributed by atoms with Gasteiger partial charge in [-0.25, -0.2) is 4.98 Å². The van der Waals surface area contributed by atoms with Crippen molar-refractivity contribution >= 4 is 17.4 Å². The number of pyridine rings is 2. The second kappa shape index (κ2) is 15.5. The maximum Gasteiger partial charge on any atom is 0.421 e. The van der Waals surface area contributed by atoms with E-state index in [1.165, 1.54) is 7.11 Å². The monoisotopic (exact) mass is 763 g/mol. The summed E-state index contributed by atoms with van der Waals surface area (Å²) < 4.78 is 60.7. The zero-order chi connectivity index (χ0) is 38.2. The lowest BCUT2D eigenvalue weighted by molar-refractivity contribution is -0.139. The fourth-order valence-electron chi connectivity index (χ4n) is 8.39. The summed E-state index contributed by atoms with van der Waals surface area (Å²) in [6.07, 6.45) is 0.103. The molecule has 3 aliphatic carbocycles. The highest BCUT2D eigenvalue weighted by Crippen LogP contribution is 2.47. The van der Waals surface area contributed by atoms with Gasteiger partial charge in [0.25, 0.3) is 0 Å². The van der Waals surface area contributed by atoms with E-state index < -0.39 is 29.3 Å². The second-order valence-corrected chi connectivity index (χ2v) is 15.5. The number of Topliss-reactive ketones (excluding diaryl/α,β-unsaturated/α-hetero) is 1. The second-order valence-electron chi connectivity index (χ2n) is 15.1. The van der Waals surface area contributed by atoms with Crippen LogP contribution in [-0.2, 0) is 30.4 Å². The van der Waals surface area contributed by atoms with Gasteiger partial charge < -0.3 is 24.6 Å². The third kappa shape index (κ3) is 8.09. The van der Waals surface area contributed by atoms with Gasteiger partial charge in [-0.05, 0) is 99.1 Å². The summed E-state index contributed by atoms with van der Waals surface area (Å²) in [6, 6.07) is 16.4. The topological polar surface area (TPSA) is 103 Å². The van der Waals surface area contributed by atoms with Crippen molar-refractivity contribution in [3.8, 4) is 40.0 Å².